The Kier molecular flexibility index (Phi) is 3.67. The Labute approximate surface area is 117 Å². The first-order valence-corrected chi connectivity index (χ1v) is 6.41. The quantitative estimate of drug-likeness (QED) is 0.897. The predicted octanol–water partition coefficient (Wildman–Crippen LogP) is 4.13. The van der Waals surface area contributed by atoms with E-state index in [2.05, 4.69) is 5.32 Å². The molecule has 100 valence electrons. The van der Waals surface area contributed by atoms with E-state index in [1.54, 1.807) is 24.3 Å². The highest BCUT2D eigenvalue weighted by molar-refractivity contribution is 6.30. The summed E-state index contributed by atoms with van der Waals surface area (Å²) in [7, 11) is 0. The van der Waals surface area contributed by atoms with Crippen molar-refractivity contribution in [2.45, 2.75) is 26.3 Å². The van der Waals surface area contributed by atoms with Gasteiger partial charge in [-0.1, -0.05) is 11.6 Å². The Balaban J connectivity index is 2.19. The molecule has 0 bridgehead atoms. The number of rotatable bonds is 2. The zero-order valence-corrected chi connectivity index (χ0v) is 11.9. The van der Waals surface area contributed by atoms with E-state index in [0.29, 0.717) is 16.5 Å². The summed E-state index contributed by atoms with van der Waals surface area (Å²) in [6.07, 6.45) is 0. The molecule has 1 aromatic heterocycles. The van der Waals surface area contributed by atoms with Gasteiger partial charge in [-0.05, 0) is 57.2 Å². The fourth-order valence-electron chi connectivity index (χ4n) is 1.63. The number of hydrogen-bond donors (Lipinski definition) is 1. The van der Waals surface area contributed by atoms with E-state index in [1.807, 2.05) is 32.9 Å². The number of carbonyl (C=O) groups is 1. The first-order valence-electron chi connectivity index (χ1n) is 6.03. The summed E-state index contributed by atoms with van der Waals surface area (Å²) >= 11 is 5.83. The smallest absolute Gasteiger partial charge is 0.287 e. The second kappa shape index (κ2) is 5.10. The summed E-state index contributed by atoms with van der Waals surface area (Å²) < 4.78 is 5.56. The monoisotopic (exact) mass is 277 g/mol. The fourth-order valence-corrected chi connectivity index (χ4v) is 1.76. The van der Waals surface area contributed by atoms with E-state index in [-0.39, 0.29) is 11.4 Å². The van der Waals surface area contributed by atoms with Crippen molar-refractivity contribution in [3.63, 3.8) is 0 Å². The first kappa shape index (κ1) is 13.7. The van der Waals surface area contributed by atoms with Gasteiger partial charge in [-0.2, -0.15) is 0 Å². The predicted molar refractivity (Wildman–Crippen MR) is 76.4 cm³/mol. The summed E-state index contributed by atoms with van der Waals surface area (Å²) in [5.74, 6) is 0.739. The maximum absolute atomic E-state index is 11.9. The lowest BCUT2D eigenvalue weighted by Crippen LogP contribution is -2.40. The standard InChI is InChI=1S/C15H16ClNO2/c1-15(2,3)17-14(18)13-9-8-12(19-13)10-4-6-11(16)7-5-10/h4-9H,1-3H3,(H,17,18). The zero-order chi connectivity index (χ0) is 14.0. The molecule has 19 heavy (non-hydrogen) atoms. The van der Waals surface area contributed by atoms with Crippen molar-refractivity contribution < 1.29 is 9.21 Å². The van der Waals surface area contributed by atoms with Crippen LogP contribution in [0.25, 0.3) is 11.3 Å². The van der Waals surface area contributed by atoms with Crippen LogP contribution in [0, 0.1) is 0 Å². The molecule has 0 aliphatic carbocycles. The molecule has 3 nitrogen and oxygen atoms in total. The van der Waals surface area contributed by atoms with Crippen molar-refractivity contribution in [3.8, 4) is 11.3 Å². The molecule has 0 aliphatic heterocycles. The molecule has 0 radical (unpaired) electrons. The van der Waals surface area contributed by atoms with Gasteiger partial charge in [-0.3, -0.25) is 4.79 Å². The molecule has 1 amide bonds. The van der Waals surface area contributed by atoms with Gasteiger partial charge in [-0.25, -0.2) is 0 Å². The Bertz CT molecular complexity index is 579. The van der Waals surface area contributed by atoms with Crippen LogP contribution in [0.5, 0.6) is 0 Å². The number of halogens is 1. The molecule has 0 saturated heterocycles. The molecule has 2 aromatic rings. The molecule has 1 heterocycles. The molecule has 0 atom stereocenters. The van der Waals surface area contributed by atoms with Gasteiger partial charge in [0, 0.05) is 16.1 Å². The van der Waals surface area contributed by atoms with Crippen molar-refractivity contribution in [1.82, 2.24) is 5.32 Å². The second-order valence-electron chi connectivity index (χ2n) is 5.37. The lowest BCUT2D eigenvalue weighted by molar-refractivity contribution is 0.0892. The van der Waals surface area contributed by atoms with Gasteiger partial charge in [0.05, 0.1) is 0 Å². The van der Waals surface area contributed by atoms with E-state index < -0.39 is 0 Å². The van der Waals surface area contributed by atoms with Crippen LogP contribution in [0.15, 0.2) is 40.8 Å². The van der Waals surface area contributed by atoms with E-state index in [1.165, 1.54) is 0 Å². The van der Waals surface area contributed by atoms with Gasteiger partial charge in [0.15, 0.2) is 5.76 Å². The van der Waals surface area contributed by atoms with E-state index >= 15 is 0 Å². The van der Waals surface area contributed by atoms with Crippen molar-refractivity contribution in [1.29, 1.82) is 0 Å². The SMILES string of the molecule is CC(C)(C)NC(=O)c1ccc(-c2ccc(Cl)cc2)o1. The highest BCUT2D eigenvalue weighted by atomic mass is 35.5. The molecule has 0 unspecified atom stereocenters. The molecule has 1 aromatic carbocycles. The van der Waals surface area contributed by atoms with Gasteiger partial charge in [-0.15, -0.1) is 0 Å². The van der Waals surface area contributed by atoms with E-state index in [4.69, 9.17) is 16.0 Å². The van der Waals surface area contributed by atoms with Gasteiger partial charge in [0.2, 0.25) is 0 Å². The molecular weight excluding hydrogens is 262 g/mol. The third-order valence-corrected chi connectivity index (χ3v) is 2.70. The molecular formula is C15H16ClNO2. The first-order chi connectivity index (χ1) is 8.85. The lowest BCUT2D eigenvalue weighted by atomic mass is 10.1. The van der Waals surface area contributed by atoms with Crippen molar-refractivity contribution in [2.75, 3.05) is 0 Å². The van der Waals surface area contributed by atoms with Gasteiger partial charge in [0.1, 0.15) is 5.76 Å². The van der Waals surface area contributed by atoms with E-state index in [9.17, 15) is 4.79 Å². The zero-order valence-electron chi connectivity index (χ0n) is 11.2. The minimum atomic E-state index is -0.287. The van der Waals surface area contributed by atoms with Crippen molar-refractivity contribution >= 4 is 17.5 Å². The number of amides is 1. The average molecular weight is 278 g/mol. The van der Waals surface area contributed by atoms with Crippen LogP contribution in [0.2, 0.25) is 5.02 Å². The molecule has 2 rings (SSSR count). The third-order valence-electron chi connectivity index (χ3n) is 2.45. The van der Waals surface area contributed by atoms with Crippen LogP contribution < -0.4 is 5.32 Å². The van der Waals surface area contributed by atoms with Crippen molar-refractivity contribution in [2.24, 2.45) is 0 Å². The van der Waals surface area contributed by atoms with Crippen LogP contribution >= 0.6 is 11.6 Å². The topological polar surface area (TPSA) is 42.2 Å². The Morgan fingerprint density at radius 2 is 1.74 bits per heavy atom. The number of carbonyl (C=O) groups excluding carboxylic acids is 1. The second-order valence-corrected chi connectivity index (χ2v) is 5.81. The highest BCUT2D eigenvalue weighted by Gasteiger charge is 2.18. The number of nitrogens with one attached hydrogen (secondary N) is 1. The Morgan fingerprint density at radius 3 is 2.32 bits per heavy atom. The normalized spacial score (nSPS) is 11.4. The lowest BCUT2D eigenvalue weighted by Gasteiger charge is -2.19. The Hall–Kier alpha value is -1.74. The summed E-state index contributed by atoms with van der Waals surface area (Å²) in [6.45, 7) is 5.77. The number of furan rings is 1. The number of benzene rings is 1. The van der Waals surface area contributed by atoms with Gasteiger partial charge in [0.25, 0.3) is 5.91 Å². The molecule has 4 heteroatoms. The molecule has 1 N–H and O–H groups in total. The van der Waals surface area contributed by atoms with Crippen LogP contribution in [0.3, 0.4) is 0 Å². The van der Waals surface area contributed by atoms with Crippen LogP contribution in [-0.4, -0.2) is 11.4 Å². The summed E-state index contributed by atoms with van der Waals surface area (Å²) in [5, 5.41) is 3.52. The Morgan fingerprint density at radius 1 is 1.11 bits per heavy atom. The average Bonchev–Trinajstić information content (AvgIpc) is 2.77. The highest BCUT2D eigenvalue weighted by Crippen LogP contribution is 2.24. The van der Waals surface area contributed by atoms with Crippen LogP contribution in [0.4, 0.5) is 0 Å². The minimum Gasteiger partial charge on any atom is -0.451 e. The van der Waals surface area contributed by atoms with Crippen LogP contribution in [-0.2, 0) is 0 Å². The summed E-state index contributed by atoms with van der Waals surface area (Å²) in [6, 6.07) is 10.7. The van der Waals surface area contributed by atoms with Crippen molar-refractivity contribution in [3.05, 3.63) is 47.2 Å². The fraction of sp³-hybridized carbons (Fsp3) is 0.267. The van der Waals surface area contributed by atoms with E-state index in [0.717, 1.165) is 5.56 Å². The summed E-state index contributed by atoms with van der Waals surface area (Å²) in [4.78, 5) is 11.9. The van der Waals surface area contributed by atoms with Crippen LogP contribution in [0.1, 0.15) is 31.3 Å². The maximum Gasteiger partial charge on any atom is 0.287 e. The maximum atomic E-state index is 11.9. The van der Waals surface area contributed by atoms with Gasteiger partial charge >= 0.3 is 0 Å². The number of hydrogen-bond acceptors (Lipinski definition) is 2. The largest absolute Gasteiger partial charge is 0.451 e. The molecule has 0 spiro atoms. The minimum absolute atomic E-state index is 0.215. The van der Waals surface area contributed by atoms with Gasteiger partial charge < -0.3 is 9.73 Å². The molecule has 0 fully saturated rings. The molecule has 0 saturated carbocycles. The molecule has 0 aliphatic rings. The third kappa shape index (κ3) is 3.61. The summed E-state index contributed by atoms with van der Waals surface area (Å²) in [5.41, 5.74) is 0.601.